The normalized spacial score (nSPS) is 10.1. The van der Waals surface area contributed by atoms with E-state index in [0.29, 0.717) is 10.8 Å². The van der Waals surface area contributed by atoms with Crippen LogP contribution in [0.1, 0.15) is 0 Å². The van der Waals surface area contributed by atoms with Gasteiger partial charge in [-0.2, -0.15) is 0 Å². The number of benzene rings is 2. The predicted octanol–water partition coefficient (Wildman–Crippen LogP) is 3.18. The van der Waals surface area contributed by atoms with E-state index in [1.54, 1.807) is 18.2 Å². The molecule has 0 fully saturated rings. The molecule has 2 aromatic carbocycles. The molecule has 0 aliphatic carbocycles. The van der Waals surface area contributed by atoms with Gasteiger partial charge >= 0.3 is 5.97 Å². The molecular weight excluding hydrogens is 344 g/mol. The van der Waals surface area contributed by atoms with Crippen molar-refractivity contribution in [1.82, 2.24) is 0 Å². The van der Waals surface area contributed by atoms with Gasteiger partial charge in [-0.3, -0.25) is 4.79 Å². The highest BCUT2D eigenvalue weighted by Gasteiger charge is 2.14. The van der Waals surface area contributed by atoms with Crippen LogP contribution in [0.4, 0.5) is 14.5 Å². The lowest BCUT2D eigenvalue weighted by atomic mass is 10.3. The first-order chi connectivity index (χ1) is 11.5. The quantitative estimate of drug-likeness (QED) is 0.808. The summed E-state index contributed by atoms with van der Waals surface area (Å²) in [5.41, 5.74) is -0.603. The molecule has 8 heteroatoms. The third-order valence-electron chi connectivity index (χ3n) is 2.74. The maximum atomic E-state index is 13.4. The van der Waals surface area contributed by atoms with Crippen molar-refractivity contribution in [1.29, 1.82) is 0 Å². The van der Waals surface area contributed by atoms with E-state index >= 15 is 0 Å². The summed E-state index contributed by atoms with van der Waals surface area (Å²) in [4.78, 5) is 23.0. The smallest absolute Gasteiger partial charge is 0.344 e. The van der Waals surface area contributed by atoms with Crippen LogP contribution < -0.4 is 10.1 Å². The summed E-state index contributed by atoms with van der Waals surface area (Å²) < 4.78 is 36.5. The van der Waals surface area contributed by atoms with E-state index in [9.17, 15) is 18.4 Å². The van der Waals surface area contributed by atoms with Gasteiger partial charge in [0.25, 0.3) is 5.91 Å². The first-order valence-corrected chi connectivity index (χ1v) is 7.11. The zero-order valence-electron chi connectivity index (χ0n) is 12.2. The van der Waals surface area contributed by atoms with Gasteiger partial charge in [-0.05, 0) is 30.3 Å². The Kier molecular flexibility index (Phi) is 6.08. The number of anilines is 1. The van der Waals surface area contributed by atoms with Crippen molar-refractivity contribution in [2.75, 3.05) is 18.5 Å². The Bertz CT molecular complexity index is 734. The van der Waals surface area contributed by atoms with Gasteiger partial charge in [-0.15, -0.1) is 0 Å². The fourth-order valence-corrected chi connectivity index (χ4v) is 1.86. The van der Waals surface area contributed by atoms with Gasteiger partial charge < -0.3 is 14.8 Å². The molecule has 1 N–H and O–H groups in total. The number of halogens is 3. The molecule has 0 radical (unpaired) electrons. The Morgan fingerprint density at radius 2 is 1.71 bits per heavy atom. The van der Waals surface area contributed by atoms with E-state index in [2.05, 4.69) is 4.74 Å². The molecule has 0 aromatic heterocycles. The number of hydrogen-bond donors (Lipinski definition) is 1. The van der Waals surface area contributed by atoms with Crippen LogP contribution in [0.25, 0.3) is 0 Å². The van der Waals surface area contributed by atoms with Crippen LogP contribution in [-0.2, 0) is 14.3 Å². The third kappa shape index (κ3) is 5.20. The zero-order chi connectivity index (χ0) is 17.5. The molecule has 0 bridgehead atoms. The van der Waals surface area contributed by atoms with Crippen LogP contribution in [0, 0.1) is 11.6 Å². The summed E-state index contributed by atoms with van der Waals surface area (Å²) in [5.74, 6) is -3.20. The van der Waals surface area contributed by atoms with E-state index in [-0.39, 0.29) is 0 Å². The molecule has 24 heavy (non-hydrogen) atoms. The van der Waals surface area contributed by atoms with E-state index in [0.717, 1.165) is 18.2 Å². The Morgan fingerprint density at radius 1 is 1.04 bits per heavy atom. The number of ether oxygens (including phenoxy) is 2. The van der Waals surface area contributed by atoms with Gasteiger partial charge in [-0.25, -0.2) is 13.6 Å². The largest absolute Gasteiger partial charge is 0.482 e. The van der Waals surface area contributed by atoms with Gasteiger partial charge in [0.05, 0.1) is 0 Å². The molecule has 0 saturated carbocycles. The molecule has 0 aliphatic heterocycles. The molecule has 0 saturated heterocycles. The molecule has 0 atom stereocenters. The fraction of sp³-hybridized carbons (Fsp3) is 0.125. The Balaban J connectivity index is 1.78. The van der Waals surface area contributed by atoms with Crippen molar-refractivity contribution >= 4 is 29.2 Å². The Hall–Kier alpha value is -2.67. The lowest BCUT2D eigenvalue weighted by Gasteiger charge is -2.09. The van der Waals surface area contributed by atoms with Gasteiger partial charge in [0.15, 0.2) is 13.2 Å². The Morgan fingerprint density at radius 3 is 2.38 bits per heavy atom. The van der Waals surface area contributed by atoms with Crippen LogP contribution in [0.3, 0.4) is 0 Å². The predicted molar refractivity (Wildman–Crippen MR) is 82.9 cm³/mol. The summed E-state index contributed by atoms with van der Waals surface area (Å²) >= 11 is 5.76. The van der Waals surface area contributed by atoms with Crippen LogP contribution in [0.5, 0.6) is 5.75 Å². The van der Waals surface area contributed by atoms with Gasteiger partial charge in [0.2, 0.25) is 0 Å². The number of hydrogen-bond acceptors (Lipinski definition) is 4. The molecule has 0 spiro atoms. The second-order valence-corrected chi connectivity index (χ2v) is 4.99. The van der Waals surface area contributed by atoms with Crippen molar-refractivity contribution in [3.8, 4) is 5.75 Å². The molecule has 5 nitrogen and oxygen atoms in total. The molecule has 2 rings (SSSR count). The average Bonchev–Trinajstić information content (AvgIpc) is 2.54. The number of amides is 1. The second-order valence-electron chi connectivity index (χ2n) is 4.55. The van der Waals surface area contributed by atoms with E-state index in [4.69, 9.17) is 16.3 Å². The molecule has 0 aliphatic rings. The van der Waals surface area contributed by atoms with Crippen molar-refractivity contribution in [2.24, 2.45) is 0 Å². The zero-order valence-corrected chi connectivity index (χ0v) is 13.0. The number of carbonyl (C=O) groups excluding carboxylic acids is 2. The minimum atomic E-state index is -0.932. The molecule has 126 valence electrons. The summed E-state index contributed by atoms with van der Waals surface area (Å²) in [5, 5.41) is 2.43. The first-order valence-electron chi connectivity index (χ1n) is 6.73. The second kappa shape index (κ2) is 8.26. The van der Waals surface area contributed by atoms with Crippen LogP contribution >= 0.6 is 11.6 Å². The van der Waals surface area contributed by atoms with Crippen molar-refractivity contribution in [3.63, 3.8) is 0 Å². The highest BCUT2D eigenvalue weighted by molar-refractivity contribution is 6.30. The highest BCUT2D eigenvalue weighted by Crippen LogP contribution is 2.18. The monoisotopic (exact) mass is 355 g/mol. The van der Waals surface area contributed by atoms with Crippen LogP contribution in [-0.4, -0.2) is 25.1 Å². The third-order valence-corrected chi connectivity index (χ3v) is 2.98. The summed E-state index contributed by atoms with van der Waals surface area (Å²) in [6.07, 6.45) is 0. The first kappa shape index (κ1) is 17.7. The summed E-state index contributed by atoms with van der Waals surface area (Å²) in [6, 6.07) is 9.51. The SMILES string of the molecule is O=C(COC(=O)COc1cccc(Cl)c1)Nc1c(F)cccc1F. The van der Waals surface area contributed by atoms with Gasteiger partial charge in [0, 0.05) is 5.02 Å². The van der Waals surface area contributed by atoms with Crippen LogP contribution in [0.15, 0.2) is 42.5 Å². The van der Waals surface area contributed by atoms with Crippen molar-refractivity contribution in [2.45, 2.75) is 0 Å². The lowest BCUT2D eigenvalue weighted by Crippen LogP contribution is -2.24. The molecule has 2 aromatic rings. The summed E-state index contributed by atoms with van der Waals surface area (Å²) in [6.45, 7) is -1.15. The van der Waals surface area contributed by atoms with Crippen LogP contribution in [0.2, 0.25) is 5.02 Å². The number of rotatable bonds is 6. The Labute approximate surface area is 141 Å². The summed E-state index contributed by atoms with van der Waals surface area (Å²) in [7, 11) is 0. The van der Waals surface area contributed by atoms with E-state index in [1.807, 2.05) is 5.32 Å². The highest BCUT2D eigenvalue weighted by atomic mass is 35.5. The van der Waals surface area contributed by atoms with Crippen molar-refractivity contribution < 1.29 is 27.8 Å². The maximum Gasteiger partial charge on any atom is 0.344 e. The standard InChI is InChI=1S/C16H12ClF2NO4/c17-10-3-1-4-11(7-10)23-9-15(22)24-8-14(21)20-16-12(18)5-2-6-13(16)19/h1-7H,8-9H2,(H,20,21). The molecular formula is C16H12ClF2NO4. The minimum Gasteiger partial charge on any atom is -0.482 e. The van der Waals surface area contributed by atoms with Gasteiger partial charge in [-0.1, -0.05) is 23.7 Å². The van der Waals surface area contributed by atoms with E-state index < -0.39 is 42.4 Å². The number of nitrogens with one attached hydrogen (secondary N) is 1. The van der Waals surface area contributed by atoms with Gasteiger partial charge in [0.1, 0.15) is 23.1 Å². The van der Waals surface area contributed by atoms with Crippen molar-refractivity contribution in [3.05, 3.63) is 59.1 Å². The number of para-hydroxylation sites is 1. The van der Waals surface area contributed by atoms with E-state index in [1.165, 1.54) is 6.07 Å². The molecule has 0 heterocycles. The number of esters is 1. The topological polar surface area (TPSA) is 64.6 Å². The number of carbonyl (C=O) groups is 2. The molecule has 1 amide bonds. The fourth-order valence-electron chi connectivity index (χ4n) is 1.68. The average molecular weight is 356 g/mol. The molecule has 0 unspecified atom stereocenters. The maximum absolute atomic E-state index is 13.4. The minimum absolute atomic E-state index is 0.359. The lowest BCUT2D eigenvalue weighted by molar-refractivity contribution is -0.149.